The zero-order chi connectivity index (χ0) is 12.0. The third-order valence-electron chi connectivity index (χ3n) is 3.95. The van der Waals surface area contributed by atoms with Crippen LogP contribution >= 0.6 is 0 Å². The summed E-state index contributed by atoms with van der Waals surface area (Å²) >= 11 is 0. The lowest BCUT2D eigenvalue weighted by Crippen LogP contribution is -2.12. The predicted octanol–water partition coefficient (Wildman–Crippen LogP) is 1.68. The standard InChI is InChI=1S/C12H18N2O2S/c1-9-3-2-5-14-7-11(13-12(9)14)10-4-6-17(15,16)8-10/h7,9-10H,2-6,8H2,1H3. The Bertz CT molecular complexity index is 533. The summed E-state index contributed by atoms with van der Waals surface area (Å²) in [5, 5.41) is 0. The Morgan fingerprint density at radius 1 is 1.41 bits per heavy atom. The Labute approximate surface area is 102 Å². The summed E-state index contributed by atoms with van der Waals surface area (Å²) in [7, 11) is -2.81. The van der Waals surface area contributed by atoms with Gasteiger partial charge in [0.05, 0.1) is 17.2 Å². The summed E-state index contributed by atoms with van der Waals surface area (Å²) in [4.78, 5) is 4.68. The number of sulfone groups is 1. The molecule has 1 fully saturated rings. The molecule has 0 spiro atoms. The van der Waals surface area contributed by atoms with E-state index < -0.39 is 9.84 Å². The van der Waals surface area contributed by atoms with Crippen LogP contribution in [-0.4, -0.2) is 29.5 Å². The van der Waals surface area contributed by atoms with Gasteiger partial charge in [0.25, 0.3) is 0 Å². The molecule has 2 aliphatic heterocycles. The predicted molar refractivity (Wildman–Crippen MR) is 65.9 cm³/mol. The number of hydrogen-bond acceptors (Lipinski definition) is 3. The van der Waals surface area contributed by atoms with E-state index >= 15 is 0 Å². The maximum atomic E-state index is 11.5. The highest BCUT2D eigenvalue weighted by molar-refractivity contribution is 7.91. The smallest absolute Gasteiger partial charge is 0.151 e. The van der Waals surface area contributed by atoms with Crippen molar-refractivity contribution >= 4 is 9.84 Å². The Kier molecular flexibility index (Phi) is 2.54. The first kappa shape index (κ1) is 11.3. The van der Waals surface area contributed by atoms with Gasteiger partial charge in [0.1, 0.15) is 5.82 Å². The molecule has 0 aromatic carbocycles. The molecule has 1 aromatic heterocycles. The number of imidazole rings is 1. The van der Waals surface area contributed by atoms with Crippen LogP contribution in [0.5, 0.6) is 0 Å². The van der Waals surface area contributed by atoms with E-state index in [4.69, 9.17) is 0 Å². The van der Waals surface area contributed by atoms with Gasteiger partial charge in [-0.15, -0.1) is 0 Å². The molecule has 1 aromatic rings. The van der Waals surface area contributed by atoms with Crippen molar-refractivity contribution in [2.24, 2.45) is 0 Å². The van der Waals surface area contributed by atoms with Crippen LogP contribution < -0.4 is 0 Å². The molecule has 0 saturated carbocycles. The molecule has 2 unspecified atom stereocenters. The fourth-order valence-corrected chi connectivity index (χ4v) is 4.71. The summed E-state index contributed by atoms with van der Waals surface area (Å²) < 4.78 is 25.2. The molecule has 0 aliphatic carbocycles. The molecular formula is C12H18N2O2S. The van der Waals surface area contributed by atoms with Crippen molar-refractivity contribution in [3.63, 3.8) is 0 Å². The summed E-state index contributed by atoms with van der Waals surface area (Å²) in [5.41, 5.74) is 0.995. The first-order chi connectivity index (χ1) is 8.05. The van der Waals surface area contributed by atoms with Crippen molar-refractivity contribution in [2.75, 3.05) is 11.5 Å². The maximum Gasteiger partial charge on any atom is 0.151 e. The molecule has 17 heavy (non-hydrogen) atoms. The molecule has 0 N–H and O–H groups in total. The number of rotatable bonds is 1. The van der Waals surface area contributed by atoms with Crippen LogP contribution in [0.2, 0.25) is 0 Å². The molecule has 0 bridgehead atoms. The number of aromatic nitrogens is 2. The lowest BCUT2D eigenvalue weighted by Gasteiger charge is -2.19. The average Bonchev–Trinajstić information content (AvgIpc) is 2.82. The molecule has 1 saturated heterocycles. The fourth-order valence-electron chi connectivity index (χ4n) is 2.95. The lowest BCUT2D eigenvalue weighted by molar-refractivity contribution is 0.463. The minimum Gasteiger partial charge on any atom is -0.334 e. The van der Waals surface area contributed by atoms with E-state index in [2.05, 4.69) is 22.7 Å². The van der Waals surface area contributed by atoms with Gasteiger partial charge in [-0.05, 0) is 19.3 Å². The number of fused-ring (bicyclic) bond motifs is 1. The molecule has 4 nitrogen and oxygen atoms in total. The Morgan fingerprint density at radius 3 is 2.88 bits per heavy atom. The van der Waals surface area contributed by atoms with Gasteiger partial charge < -0.3 is 4.57 Å². The van der Waals surface area contributed by atoms with E-state index in [9.17, 15) is 8.42 Å². The van der Waals surface area contributed by atoms with E-state index in [1.54, 1.807) is 0 Å². The number of hydrogen-bond donors (Lipinski definition) is 0. The summed E-state index contributed by atoms with van der Waals surface area (Å²) in [5.74, 6) is 2.41. The molecule has 5 heteroatoms. The third-order valence-corrected chi connectivity index (χ3v) is 5.72. The minimum atomic E-state index is -2.81. The van der Waals surface area contributed by atoms with E-state index in [-0.39, 0.29) is 11.7 Å². The average molecular weight is 254 g/mol. The largest absolute Gasteiger partial charge is 0.334 e. The Balaban J connectivity index is 1.90. The molecule has 94 valence electrons. The molecule has 2 atom stereocenters. The summed E-state index contributed by atoms with van der Waals surface area (Å²) in [6, 6.07) is 0. The van der Waals surface area contributed by atoms with Gasteiger partial charge in [-0.2, -0.15) is 0 Å². The second-order valence-electron chi connectivity index (χ2n) is 5.36. The van der Waals surface area contributed by atoms with Crippen LogP contribution in [0, 0.1) is 0 Å². The van der Waals surface area contributed by atoms with E-state index in [1.165, 1.54) is 12.8 Å². The van der Waals surface area contributed by atoms with Gasteiger partial charge in [-0.25, -0.2) is 13.4 Å². The zero-order valence-corrected chi connectivity index (χ0v) is 10.9. The molecule has 2 aliphatic rings. The number of nitrogens with zero attached hydrogens (tertiary/aromatic N) is 2. The molecule has 0 amide bonds. The molecule has 3 heterocycles. The van der Waals surface area contributed by atoms with E-state index in [0.717, 1.165) is 24.5 Å². The normalized spacial score (nSPS) is 31.4. The second-order valence-corrected chi connectivity index (χ2v) is 7.59. The van der Waals surface area contributed by atoms with Crippen LogP contribution in [0.1, 0.15) is 49.5 Å². The third kappa shape index (κ3) is 2.01. The first-order valence-electron chi connectivity index (χ1n) is 6.32. The molecule has 0 radical (unpaired) electrons. The SMILES string of the molecule is CC1CCCn2cc(C3CCS(=O)(=O)C3)nc21. The van der Waals surface area contributed by atoms with Crippen LogP contribution in [0.4, 0.5) is 0 Å². The van der Waals surface area contributed by atoms with Crippen molar-refractivity contribution in [1.29, 1.82) is 0 Å². The highest BCUT2D eigenvalue weighted by atomic mass is 32.2. The summed E-state index contributed by atoms with van der Waals surface area (Å²) in [6.45, 7) is 3.24. The molecule has 3 rings (SSSR count). The number of aryl methyl sites for hydroxylation is 1. The van der Waals surface area contributed by atoms with Gasteiger partial charge >= 0.3 is 0 Å². The fraction of sp³-hybridized carbons (Fsp3) is 0.750. The zero-order valence-electron chi connectivity index (χ0n) is 10.1. The Hall–Kier alpha value is -0.840. The monoisotopic (exact) mass is 254 g/mol. The quantitative estimate of drug-likeness (QED) is 0.766. The van der Waals surface area contributed by atoms with Crippen molar-refractivity contribution < 1.29 is 8.42 Å². The highest BCUT2D eigenvalue weighted by Gasteiger charge is 2.32. The minimum absolute atomic E-state index is 0.130. The highest BCUT2D eigenvalue weighted by Crippen LogP contribution is 2.32. The van der Waals surface area contributed by atoms with Crippen LogP contribution in [-0.2, 0) is 16.4 Å². The van der Waals surface area contributed by atoms with Crippen molar-refractivity contribution in [1.82, 2.24) is 9.55 Å². The maximum absolute atomic E-state index is 11.5. The van der Waals surface area contributed by atoms with Gasteiger partial charge in [0.2, 0.25) is 0 Å². The van der Waals surface area contributed by atoms with Crippen LogP contribution in [0.15, 0.2) is 6.20 Å². The van der Waals surface area contributed by atoms with Gasteiger partial charge in [0.15, 0.2) is 9.84 Å². The van der Waals surface area contributed by atoms with Crippen LogP contribution in [0.3, 0.4) is 0 Å². The first-order valence-corrected chi connectivity index (χ1v) is 8.15. The Morgan fingerprint density at radius 2 is 2.24 bits per heavy atom. The molecular weight excluding hydrogens is 236 g/mol. The van der Waals surface area contributed by atoms with Crippen molar-refractivity contribution in [3.8, 4) is 0 Å². The van der Waals surface area contributed by atoms with Crippen molar-refractivity contribution in [3.05, 3.63) is 17.7 Å². The van der Waals surface area contributed by atoms with Crippen molar-refractivity contribution in [2.45, 2.75) is 44.6 Å². The van der Waals surface area contributed by atoms with Gasteiger partial charge in [-0.3, -0.25) is 0 Å². The van der Waals surface area contributed by atoms with E-state index in [0.29, 0.717) is 11.7 Å². The van der Waals surface area contributed by atoms with Gasteiger partial charge in [0, 0.05) is 24.6 Å². The van der Waals surface area contributed by atoms with Crippen LogP contribution in [0.25, 0.3) is 0 Å². The topological polar surface area (TPSA) is 52.0 Å². The van der Waals surface area contributed by atoms with Gasteiger partial charge in [-0.1, -0.05) is 6.92 Å². The summed E-state index contributed by atoms with van der Waals surface area (Å²) in [6.07, 6.45) is 5.22. The lowest BCUT2D eigenvalue weighted by atomic mass is 10.0. The van der Waals surface area contributed by atoms with E-state index in [1.807, 2.05) is 0 Å². The second kappa shape index (κ2) is 3.83.